The molecule has 100 valence electrons. The highest BCUT2D eigenvalue weighted by Crippen LogP contribution is 2.28. The predicted molar refractivity (Wildman–Crippen MR) is 72.4 cm³/mol. The fraction of sp³-hybridized carbons (Fsp3) is 0. The Morgan fingerprint density at radius 2 is 2.10 bits per heavy atom. The first-order valence-corrected chi connectivity index (χ1v) is 6.35. The van der Waals surface area contributed by atoms with Crippen LogP contribution in [0.15, 0.2) is 46.7 Å². The fourth-order valence-corrected chi connectivity index (χ4v) is 2.44. The van der Waals surface area contributed by atoms with Gasteiger partial charge in [0.2, 0.25) is 11.0 Å². The summed E-state index contributed by atoms with van der Waals surface area (Å²) >= 11 is 1.23. The highest BCUT2D eigenvalue weighted by Gasteiger charge is 2.14. The van der Waals surface area contributed by atoms with Crippen molar-refractivity contribution in [2.75, 3.05) is 5.73 Å². The quantitative estimate of drug-likeness (QED) is 0.577. The Bertz CT molecular complexity index is 802. The van der Waals surface area contributed by atoms with Gasteiger partial charge >= 0.3 is 5.69 Å². The molecule has 0 fully saturated rings. The van der Waals surface area contributed by atoms with Crippen molar-refractivity contribution in [1.82, 2.24) is 19.6 Å². The second-order valence-corrected chi connectivity index (χ2v) is 4.81. The van der Waals surface area contributed by atoms with E-state index in [9.17, 15) is 10.1 Å². The van der Waals surface area contributed by atoms with Crippen LogP contribution in [0.5, 0.6) is 0 Å². The number of nitro groups is 1. The monoisotopic (exact) mass is 288 g/mol. The van der Waals surface area contributed by atoms with Crippen LogP contribution in [0.4, 0.5) is 11.5 Å². The lowest BCUT2D eigenvalue weighted by atomic mass is 10.4. The second-order valence-electron chi connectivity index (χ2n) is 3.82. The Labute approximate surface area is 116 Å². The molecule has 0 saturated carbocycles. The lowest BCUT2D eigenvalue weighted by molar-refractivity contribution is -0.384. The van der Waals surface area contributed by atoms with E-state index >= 15 is 0 Å². The van der Waals surface area contributed by atoms with Gasteiger partial charge in [-0.1, -0.05) is 6.07 Å². The number of fused-ring (bicyclic) bond motifs is 1. The Hall–Kier alpha value is -2.68. The van der Waals surface area contributed by atoms with Gasteiger partial charge in [0.05, 0.1) is 4.92 Å². The number of hydrogen-bond donors (Lipinski definition) is 1. The lowest BCUT2D eigenvalue weighted by Gasteiger charge is -2.01. The van der Waals surface area contributed by atoms with Gasteiger partial charge < -0.3 is 5.73 Å². The summed E-state index contributed by atoms with van der Waals surface area (Å²) in [5.74, 6) is -0.117. The number of nitrogens with zero attached hydrogens (tertiary/aromatic N) is 5. The zero-order valence-electron chi connectivity index (χ0n) is 10.0. The Morgan fingerprint density at radius 3 is 2.85 bits per heavy atom. The third-order valence-electron chi connectivity index (χ3n) is 2.55. The largest absolute Gasteiger partial charge is 0.378 e. The topological polar surface area (TPSA) is 112 Å². The SMILES string of the molecule is Nc1nc(Sc2nnc3ccccn23)ccc1[N+](=O)[O-]. The van der Waals surface area contributed by atoms with Crippen LogP contribution in [0, 0.1) is 10.1 Å². The first-order chi connectivity index (χ1) is 9.65. The van der Waals surface area contributed by atoms with Crippen LogP contribution in [0.3, 0.4) is 0 Å². The van der Waals surface area contributed by atoms with Gasteiger partial charge in [-0.2, -0.15) is 0 Å². The molecular weight excluding hydrogens is 280 g/mol. The van der Waals surface area contributed by atoms with Gasteiger partial charge in [-0.15, -0.1) is 10.2 Å². The molecule has 0 spiro atoms. The minimum Gasteiger partial charge on any atom is -0.378 e. The molecule has 0 unspecified atom stereocenters. The number of hydrogen-bond acceptors (Lipinski definition) is 7. The fourth-order valence-electron chi connectivity index (χ4n) is 1.64. The zero-order chi connectivity index (χ0) is 14.1. The van der Waals surface area contributed by atoms with E-state index < -0.39 is 4.92 Å². The third-order valence-corrected chi connectivity index (χ3v) is 3.45. The molecule has 0 aromatic carbocycles. The van der Waals surface area contributed by atoms with Crippen LogP contribution >= 0.6 is 11.8 Å². The lowest BCUT2D eigenvalue weighted by Crippen LogP contribution is -1.99. The maximum absolute atomic E-state index is 10.7. The summed E-state index contributed by atoms with van der Waals surface area (Å²) in [6, 6.07) is 8.41. The molecule has 9 heteroatoms. The molecule has 3 rings (SSSR count). The van der Waals surface area contributed by atoms with Gasteiger partial charge in [-0.3, -0.25) is 14.5 Å². The van der Waals surface area contributed by atoms with E-state index in [2.05, 4.69) is 15.2 Å². The summed E-state index contributed by atoms with van der Waals surface area (Å²) < 4.78 is 1.80. The van der Waals surface area contributed by atoms with E-state index in [0.717, 1.165) is 0 Å². The minimum atomic E-state index is -0.566. The van der Waals surface area contributed by atoms with Crippen LogP contribution in [-0.2, 0) is 0 Å². The van der Waals surface area contributed by atoms with Crippen LogP contribution < -0.4 is 5.73 Å². The number of nitrogen functional groups attached to an aromatic ring is 1. The molecule has 3 heterocycles. The first-order valence-electron chi connectivity index (χ1n) is 5.53. The van der Waals surface area contributed by atoms with Crippen molar-refractivity contribution in [3.8, 4) is 0 Å². The number of anilines is 1. The molecule has 0 atom stereocenters. The summed E-state index contributed by atoms with van der Waals surface area (Å²) in [4.78, 5) is 14.1. The summed E-state index contributed by atoms with van der Waals surface area (Å²) in [6.45, 7) is 0. The van der Waals surface area contributed by atoms with Gasteiger partial charge in [0, 0.05) is 12.3 Å². The molecule has 0 bridgehead atoms. The van der Waals surface area contributed by atoms with E-state index in [1.54, 1.807) is 4.40 Å². The maximum atomic E-state index is 10.7. The van der Waals surface area contributed by atoms with Gasteiger partial charge in [0.15, 0.2) is 5.65 Å². The Balaban J connectivity index is 1.95. The number of pyridine rings is 2. The molecular formula is C11H8N6O2S. The molecule has 3 aromatic rings. The number of nitrogens with two attached hydrogens (primary N) is 1. The van der Waals surface area contributed by atoms with Crippen molar-refractivity contribution in [3.63, 3.8) is 0 Å². The van der Waals surface area contributed by atoms with Crippen molar-refractivity contribution in [3.05, 3.63) is 46.6 Å². The predicted octanol–water partition coefficient (Wildman–Crippen LogP) is 1.77. The van der Waals surface area contributed by atoms with E-state index in [1.165, 1.54) is 23.9 Å². The van der Waals surface area contributed by atoms with Gasteiger partial charge in [-0.05, 0) is 30.0 Å². The zero-order valence-corrected chi connectivity index (χ0v) is 10.8. The van der Waals surface area contributed by atoms with Crippen molar-refractivity contribution >= 4 is 28.9 Å². The number of rotatable bonds is 3. The molecule has 0 aliphatic carbocycles. The van der Waals surface area contributed by atoms with Crippen LogP contribution in [-0.4, -0.2) is 24.5 Å². The van der Waals surface area contributed by atoms with Crippen molar-refractivity contribution in [2.24, 2.45) is 0 Å². The molecule has 3 aromatic heterocycles. The van der Waals surface area contributed by atoms with Crippen molar-refractivity contribution < 1.29 is 4.92 Å². The highest BCUT2D eigenvalue weighted by molar-refractivity contribution is 7.99. The standard InChI is InChI=1S/C11H8N6O2S/c12-10-7(17(18)19)4-5-9(13-10)20-11-15-14-8-3-1-2-6-16(8)11/h1-6H,(H2,12,13). The summed E-state index contributed by atoms with van der Waals surface area (Å²) in [5.41, 5.74) is 6.06. The van der Waals surface area contributed by atoms with Gasteiger partial charge in [0.25, 0.3) is 0 Å². The van der Waals surface area contributed by atoms with E-state index in [0.29, 0.717) is 15.8 Å². The summed E-state index contributed by atoms with van der Waals surface area (Å²) in [5, 5.41) is 19.9. The first kappa shape index (κ1) is 12.4. The average molecular weight is 288 g/mol. The average Bonchev–Trinajstić information content (AvgIpc) is 2.82. The summed E-state index contributed by atoms with van der Waals surface area (Å²) in [7, 11) is 0. The van der Waals surface area contributed by atoms with E-state index in [4.69, 9.17) is 5.73 Å². The third kappa shape index (κ3) is 2.14. The Kier molecular flexibility index (Phi) is 2.95. The molecule has 8 nitrogen and oxygen atoms in total. The molecule has 20 heavy (non-hydrogen) atoms. The highest BCUT2D eigenvalue weighted by atomic mass is 32.2. The molecule has 0 amide bonds. The molecule has 2 N–H and O–H groups in total. The van der Waals surface area contributed by atoms with Crippen LogP contribution in [0.2, 0.25) is 0 Å². The molecule has 0 saturated heterocycles. The van der Waals surface area contributed by atoms with Crippen LogP contribution in [0.25, 0.3) is 5.65 Å². The number of aromatic nitrogens is 4. The van der Waals surface area contributed by atoms with Gasteiger partial charge in [-0.25, -0.2) is 4.98 Å². The van der Waals surface area contributed by atoms with Crippen LogP contribution in [0.1, 0.15) is 0 Å². The van der Waals surface area contributed by atoms with Gasteiger partial charge in [0.1, 0.15) is 5.03 Å². The molecule has 0 aliphatic heterocycles. The van der Waals surface area contributed by atoms with E-state index in [1.807, 2.05) is 24.4 Å². The molecule has 0 aliphatic rings. The van der Waals surface area contributed by atoms with Crippen molar-refractivity contribution in [2.45, 2.75) is 10.2 Å². The smallest absolute Gasteiger partial charge is 0.311 e. The maximum Gasteiger partial charge on any atom is 0.311 e. The Morgan fingerprint density at radius 1 is 1.25 bits per heavy atom. The summed E-state index contributed by atoms with van der Waals surface area (Å²) in [6.07, 6.45) is 1.83. The molecule has 0 radical (unpaired) electrons. The van der Waals surface area contributed by atoms with Crippen molar-refractivity contribution in [1.29, 1.82) is 0 Å². The second kappa shape index (κ2) is 4.78. The normalized spacial score (nSPS) is 10.8. The minimum absolute atomic E-state index is 0.117. The van der Waals surface area contributed by atoms with E-state index in [-0.39, 0.29) is 11.5 Å².